The Balaban J connectivity index is 1.53. The summed E-state index contributed by atoms with van der Waals surface area (Å²) in [5.41, 5.74) is 4.70. The number of aryl methyl sites for hydroxylation is 1. The number of methoxy groups -OCH3 is 1. The molecule has 148 valence electrons. The number of benzene rings is 2. The Morgan fingerprint density at radius 2 is 2.00 bits per heavy atom. The average molecular weight is 409 g/mol. The zero-order chi connectivity index (χ0) is 20.6. The lowest BCUT2D eigenvalue weighted by Crippen LogP contribution is -2.19. The van der Waals surface area contributed by atoms with E-state index < -0.39 is 0 Å². The van der Waals surface area contributed by atoms with E-state index in [4.69, 9.17) is 4.74 Å². The Morgan fingerprint density at radius 3 is 2.79 bits per heavy atom. The maximum absolute atomic E-state index is 12.2. The fourth-order valence-electron chi connectivity index (χ4n) is 2.45. The van der Waals surface area contributed by atoms with Gasteiger partial charge in [0.1, 0.15) is 10.8 Å². The molecule has 3 rings (SSSR count). The van der Waals surface area contributed by atoms with Crippen LogP contribution < -0.4 is 15.5 Å². The van der Waals surface area contributed by atoms with Crippen LogP contribution in [-0.4, -0.2) is 35.3 Å². The first-order valence-electron chi connectivity index (χ1n) is 8.70. The van der Waals surface area contributed by atoms with E-state index in [9.17, 15) is 9.59 Å². The topological polar surface area (TPSA) is 106 Å². The second-order valence-corrected chi connectivity index (χ2v) is 7.10. The van der Waals surface area contributed by atoms with Gasteiger partial charge in [-0.2, -0.15) is 5.10 Å². The number of hydrogen-bond donors (Lipinski definition) is 2. The quantitative estimate of drug-likeness (QED) is 0.461. The molecule has 1 heterocycles. The average Bonchev–Trinajstić information content (AvgIpc) is 3.15. The van der Waals surface area contributed by atoms with Gasteiger partial charge in [0, 0.05) is 11.1 Å². The zero-order valence-electron chi connectivity index (χ0n) is 15.9. The highest BCUT2D eigenvalue weighted by molar-refractivity contribution is 7.15. The molecular formula is C20H19N5O3S. The third-order valence-corrected chi connectivity index (χ3v) is 4.65. The van der Waals surface area contributed by atoms with Crippen molar-refractivity contribution in [2.75, 3.05) is 12.4 Å². The Labute approximate surface area is 171 Å². The van der Waals surface area contributed by atoms with Gasteiger partial charge in [0.15, 0.2) is 0 Å². The van der Waals surface area contributed by atoms with Gasteiger partial charge in [-0.1, -0.05) is 41.2 Å². The second kappa shape index (κ2) is 9.56. The summed E-state index contributed by atoms with van der Waals surface area (Å²) in [7, 11) is 1.57. The molecule has 29 heavy (non-hydrogen) atoms. The second-order valence-electron chi connectivity index (χ2n) is 6.04. The molecule has 8 nitrogen and oxygen atoms in total. The lowest BCUT2D eigenvalue weighted by atomic mass is 10.1. The van der Waals surface area contributed by atoms with Gasteiger partial charge in [-0.05, 0) is 31.2 Å². The van der Waals surface area contributed by atoms with Crippen molar-refractivity contribution in [3.05, 3.63) is 70.2 Å². The maximum atomic E-state index is 12.2. The summed E-state index contributed by atoms with van der Waals surface area (Å²) in [5.74, 6) is 0.0368. The third kappa shape index (κ3) is 5.69. The van der Waals surface area contributed by atoms with Crippen LogP contribution in [0.1, 0.15) is 26.5 Å². The summed E-state index contributed by atoms with van der Waals surface area (Å²) in [6, 6.07) is 14.5. The lowest BCUT2D eigenvalue weighted by Gasteiger charge is -2.03. The van der Waals surface area contributed by atoms with Crippen molar-refractivity contribution < 1.29 is 14.3 Å². The number of aromatic nitrogens is 2. The van der Waals surface area contributed by atoms with Crippen LogP contribution in [0.25, 0.3) is 0 Å². The van der Waals surface area contributed by atoms with Crippen LogP contribution in [0.4, 0.5) is 5.13 Å². The number of amides is 2. The minimum atomic E-state index is -0.344. The van der Waals surface area contributed by atoms with E-state index in [0.717, 1.165) is 22.5 Å². The van der Waals surface area contributed by atoms with E-state index >= 15 is 0 Å². The zero-order valence-corrected chi connectivity index (χ0v) is 16.7. The Morgan fingerprint density at radius 1 is 1.17 bits per heavy atom. The molecule has 1 aromatic heterocycles. The molecule has 0 atom stereocenters. The van der Waals surface area contributed by atoms with Gasteiger partial charge in [0.2, 0.25) is 11.0 Å². The molecule has 3 aromatic rings. The standard InChI is InChI=1S/C20H19N5O3S/c1-13-6-5-8-14(10-13)19(27)22-20-25-24-18(29-20)11-17(26)23-21-12-15-7-3-4-9-16(15)28-2/h3-10,12H,11H2,1-2H3,(H,23,26)(H,22,25,27). The summed E-state index contributed by atoms with van der Waals surface area (Å²) < 4.78 is 5.22. The van der Waals surface area contributed by atoms with Crippen molar-refractivity contribution in [3.8, 4) is 5.75 Å². The van der Waals surface area contributed by atoms with Gasteiger partial charge in [-0.15, -0.1) is 10.2 Å². The van der Waals surface area contributed by atoms with Crippen molar-refractivity contribution in [2.45, 2.75) is 13.3 Å². The summed E-state index contributed by atoms with van der Waals surface area (Å²) in [5, 5.41) is 15.3. The highest BCUT2D eigenvalue weighted by Crippen LogP contribution is 2.17. The number of nitrogens with one attached hydrogen (secondary N) is 2. The number of para-hydroxylation sites is 1. The summed E-state index contributed by atoms with van der Waals surface area (Å²) in [6.07, 6.45) is 1.51. The SMILES string of the molecule is COc1ccccc1C=NNC(=O)Cc1nnc(NC(=O)c2cccc(C)c2)s1. The first-order valence-corrected chi connectivity index (χ1v) is 9.52. The maximum Gasteiger partial charge on any atom is 0.257 e. The van der Waals surface area contributed by atoms with Crippen molar-refractivity contribution in [1.29, 1.82) is 0 Å². The van der Waals surface area contributed by atoms with Gasteiger partial charge in [0.25, 0.3) is 5.91 Å². The first kappa shape index (κ1) is 20.2. The first-order chi connectivity index (χ1) is 14.0. The van der Waals surface area contributed by atoms with Crippen LogP contribution in [0, 0.1) is 6.92 Å². The molecule has 9 heteroatoms. The largest absolute Gasteiger partial charge is 0.496 e. The monoisotopic (exact) mass is 409 g/mol. The molecule has 2 aromatic carbocycles. The molecular weight excluding hydrogens is 390 g/mol. The van der Waals surface area contributed by atoms with Crippen molar-refractivity contribution in [3.63, 3.8) is 0 Å². The van der Waals surface area contributed by atoms with Crippen LogP contribution in [0.2, 0.25) is 0 Å². The molecule has 0 saturated heterocycles. The molecule has 2 N–H and O–H groups in total. The van der Waals surface area contributed by atoms with Crippen molar-refractivity contribution in [2.24, 2.45) is 5.10 Å². The van der Waals surface area contributed by atoms with E-state index in [-0.39, 0.29) is 18.2 Å². The molecule has 0 bridgehead atoms. The van der Waals surface area contributed by atoms with Gasteiger partial charge < -0.3 is 4.74 Å². The van der Waals surface area contributed by atoms with Gasteiger partial charge in [-0.25, -0.2) is 5.43 Å². The predicted molar refractivity (Wildman–Crippen MR) is 111 cm³/mol. The highest BCUT2D eigenvalue weighted by atomic mass is 32.1. The molecule has 0 radical (unpaired) electrons. The molecule has 0 fully saturated rings. The van der Waals surface area contributed by atoms with Crippen LogP contribution in [-0.2, 0) is 11.2 Å². The fourth-order valence-corrected chi connectivity index (χ4v) is 3.19. The number of nitrogens with zero attached hydrogens (tertiary/aromatic N) is 3. The minimum Gasteiger partial charge on any atom is -0.496 e. The molecule has 2 amide bonds. The molecule has 0 unspecified atom stereocenters. The molecule has 0 saturated carbocycles. The molecule has 0 aliphatic heterocycles. The smallest absolute Gasteiger partial charge is 0.257 e. The van der Waals surface area contributed by atoms with Crippen LogP contribution in [0.15, 0.2) is 53.6 Å². The summed E-state index contributed by atoms with van der Waals surface area (Å²) >= 11 is 1.14. The Hall–Kier alpha value is -3.59. The number of anilines is 1. The number of hydrazone groups is 1. The van der Waals surface area contributed by atoms with E-state index in [1.54, 1.807) is 25.3 Å². The number of ether oxygens (including phenoxy) is 1. The normalized spacial score (nSPS) is 10.7. The highest BCUT2D eigenvalue weighted by Gasteiger charge is 2.12. The molecule has 0 spiro atoms. The Bertz CT molecular complexity index is 1050. The summed E-state index contributed by atoms with van der Waals surface area (Å²) in [4.78, 5) is 24.3. The van der Waals surface area contributed by atoms with Crippen LogP contribution in [0.5, 0.6) is 5.75 Å². The number of hydrogen-bond acceptors (Lipinski definition) is 7. The third-order valence-electron chi connectivity index (χ3n) is 3.81. The Kier molecular flexibility index (Phi) is 6.64. The summed E-state index contributed by atoms with van der Waals surface area (Å²) in [6.45, 7) is 1.91. The number of carbonyl (C=O) groups excluding carboxylic acids is 2. The van der Waals surface area contributed by atoms with E-state index in [0.29, 0.717) is 21.5 Å². The predicted octanol–water partition coefficient (Wildman–Crippen LogP) is 2.80. The number of carbonyl (C=O) groups is 2. The molecule has 0 aliphatic rings. The molecule has 0 aliphatic carbocycles. The van der Waals surface area contributed by atoms with Gasteiger partial charge in [0.05, 0.1) is 19.7 Å². The van der Waals surface area contributed by atoms with Gasteiger partial charge in [-0.3, -0.25) is 14.9 Å². The van der Waals surface area contributed by atoms with E-state index in [1.807, 2.05) is 37.3 Å². The lowest BCUT2D eigenvalue weighted by molar-refractivity contribution is -0.120. The van der Waals surface area contributed by atoms with E-state index in [2.05, 4.69) is 26.0 Å². The van der Waals surface area contributed by atoms with Crippen LogP contribution >= 0.6 is 11.3 Å². The fraction of sp³-hybridized carbons (Fsp3) is 0.150. The van der Waals surface area contributed by atoms with Crippen molar-refractivity contribution >= 4 is 34.5 Å². The number of rotatable bonds is 7. The van der Waals surface area contributed by atoms with Gasteiger partial charge >= 0.3 is 0 Å². The van der Waals surface area contributed by atoms with Crippen LogP contribution in [0.3, 0.4) is 0 Å². The van der Waals surface area contributed by atoms with Crippen molar-refractivity contribution in [1.82, 2.24) is 15.6 Å². The van der Waals surface area contributed by atoms with E-state index in [1.165, 1.54) is 6.21 Å². The minimum absolute atomic E-state index is 0.00124.